The van der Waals surface area contributed by atoms with Gasteiger partial charge in [0.25, 0.3) is 0 Å². The highest BCUT2D eigenvalue weighted by molar-refractivity contribution is 6.55. The van der Waals surface area contributed by atoms with Crippen LogP contribution >= 0.6 is 92.8 Å². The highest BCUT2D eigenvalue weighted by Crippen LogP contribution is 2.46. The molecule has 0 aliphatic rings. The Bertz CT molecular complexity index is 3270. The van der Waals surface area contributed by atoms with E-state index in [-0.39, 0.29) is 51.3 Å². The second-order valence-electron chi connectivity index (χ2n) is 14.0. The SMILES string of the molecule is Clc1c(Cl)c(Cl)c2oc(-c3ccc(-c4ccc(-c5ccc(-c6ccccn6)nc5-c5ccc(-c6ccc(-c7nc8c(Cl)c(Cl)c(Cl)c(Cl)c8o7)cc6)cc5)cc4)cc3)nc2c1Cl. The van der Waals surface area contributed by atoms with E-state index in [1.54, 1.807) is 6.20 Å². The molecule has 302 valence electrons. The number of hydrogen-bond donors (Lipinski definition) is 0. The molecule has 0 saturated carbocycles. The monoisotopic (exact) mass is 966 g/mol. The number of hydrogen-bond acceptors (Lipinski definition) is 6. The zero-order chi connectivity index (χ0) is 42.8. The van der Waals surface area contributed by atoms with Crippen molar-refractivity contribution >= 4 is 115 Å². The quantitative estimate of drug-likeness (QED) is 0.117. The lowest BCUT2D eigenvalue weighted by molar-refractivity contribution is 0.619. The van der Waals surface area contributed by atoms with Gasteiger partial charge in [0.15, 0.2) is 11.2 Å². The van der Waals surface area contributed by atoms with Gasteiger partial charge < -0.3 is 8.83 Å². The average molecular weight is 970 g/mol. The highest BCUT2D eigenvalue weighted by Gasteiger charge is 2.23. The van der Waals surface area contributed by atoms with Gasteiger partial charge >= 0.3 is 0 Å². The number of benzene rings is 6. The van der Waals surface area contributed by atoms with Crippen LogP contribution in [0.25, 0.3) is 101 Å². The van der Waals surface area contributed by atoms with Crippen LogP contribution in [0.15, 0.2) is 142 Å². The van der Waals surface area contributed by atoms with Crippen molar-refractivity contribution in [2.75, 3.05) is 0 Å². The lowest BCUT2D eigenvalue weighted by Crippen LogP contribution is -1.94. The van der Waals surface area contributed by atoms with E-state index >= 15 is 0 Å². The Morgan fingerprint density at radius 1 is 0.323 bits per heavy atom. The van der Waals surface area contributed by atoms with Crippen molar-refractivity contribution in [1.29, 1.82) is 0 Å². The first-order valence-electron chi connectivity index (χ1n) is 18.6. The van der Waals surface area contributed by atoms with E-state index in [9.17, 15) is 0 Å². The molecule has 6 aromatic carbocycles. The fraction of sp³-hybridized carbons (Fsp3) is 0. The Kier molecular flexibility index (Phi) is 10.9. The van der Waals surface area contributed by atoms with Crippen LogP contribution in [0.5, 0.6) is 0 Å². The predicted molar refractivity (Wildman–Crippen MR) is 255 cm³/mol. The van der Waals surface area contributed by atoms with Crippen molar-refractivity contribution < 1.29 is 8.83 Å². The Balaban J connectivity index is 0.935. The van der Waals surface area contributed by atoms with Crippen molar-refractivity contribution in [2.24, 2.45) is 0 Å². The lowest BCUT2D eigenvalue weighted by Gasteiger charge is -2.13. The van der Waals surface area contributed by atoms with E-state index in [1.165, 1.54) is 0 Å². The summed E-state index contributed by atoms with van der Waals surface area (Å²) in [5.41, 5.74) is 12.0. The summed E-state index contributed by atoms with van der Waals surface area (Å²) in [6.45, 7) is 0. The number of aromatic nitrogens is 4. The summed E-state index contributed by atoms with van der Waals surface area (Å²) in [6.07, 6.45) is 1.76. The van der Waals surface area contributed by atoms with Gasteiger partial charge in [-0.1, -0.05) is 172 Å². The Morgan fingerprint density at radius 2 is 0.726 bits per heavy atom. The molecule has 0 aliphatic heterocycles. The van der Waals surface area contributed by atoms with Crippen LogP contribution in [0.1, 0.15) is 0 Å². The number of pyridine rings is 2. The molecule has 62 heavy (non-hydrogen) atoms. The van der Waals surface area contributed by atoms with Gasteiger partial charge in [-0.2, -0.15) is 0 Å². The van der Waals surface area contributed by atoms with Gasteiger partial charge in [0, 0.05) is 28.5 Å². The van der Waals surface area contributed by atoms with Gasteiger partial charge in [0.2, 0.25) is 11.8 Å². The van der Waals surface area contributed by atoms with E-state index in [4.69, 9.17) is 107 Å². The standard InChI is InChI=1S/C48H22Cl8N4O2/c49-34-36(51)40(55)45-43(38(34)53)59-47(61-45)29-16-8-25(9-17-29)23-4-12-27(13-5-23)31-20-21-33(32-3-1-2-22-57-32)58-42(31)28-14-6-24(7-15-28)26-10-18-30(19-11-26)48-60-44-39(54)35(50)37(52)41(56)46(44)62-48/h1-22H. The molecule has 10 rings (SSSR count). The summed E-state index contributed by atoms with van der Waals surface area (Å²) in [7, 11) is 0. The summed E-state index contributed by atoms with van der Waals surface area (Å²) in [4.78, 5) is 18.8. The van der Waals surface area contributed by atoms with Crippen LogP contribution in [0, 0.1) is 0 Å². The molecule has 10 aromatic rings. The molecule has 0 amide bonds. The van der Waals surface area contributed by atoms with E-state index in [2.05, 4.69) is 69.5 Å². The van der Waals surface area contributed by atoms with E-state index < -0.39 is 0 Å². The molecule has 0 saturated heterocycles. The van der Waals surface area contributed by atoms with E-state index in [1.807, 2.05) is 72.8 Å². The summed E-state index contributed by atoms with van der Waals surface area (Å²) in [6, 6.07) is 42.2. The summed E-state index contributed by atoms with van der Waals surface area (Å²) in [5, 5.41) is 1.17. The molecule has 0 atom stereocenters. The normalized spacial score (nSPS) is 11.5. The molecule has 0 radical (unpaired) electrons. The number of rotatable bonds is 7. The first kappa shape index (κ1) is 40.9. The molecule has 0 unspecified atom stereocenters. The zero-order valence-corrected chi connectivity index (χ0v) is 37.4. The Labute approximate surface area is 393 Å². The van der Waals surface area contributed by atoms with Gasteiger partial charge in [-0.05, 0) is 76.3 Å². The third-order valence-corrected chi connectivity index (χ3v) is 13.9. The molecule has 0 bridgehead atoms. The summed E-state index contributed by atoms with van der Waals surface area (Å²) in [5.74, 6) is 0.684. The van der Waals surface area contributed by atoms with Gasteiger partial charge in [-0.3, -0.25) is 4.98 Å². The minimum atomic E-state index is 0.117. The molecule has 14 heteroatoms. The maximum atomic E-state index is 6.40. The van der Waals surface area contributed by atoms with Gasteiger partial charge in [0.05, 0.1) is 47.2 Å². The van der Waals surface area contributed by atoms with Crippen LogP contribution in [0.4, 0.5) is 0 Å². The predicted octanol–water partition coefficient (Wildman–Crippen LogP) is 17.7. The second-order valence-corrected chi connectivity index (χ2v) is 17.0. The van der Waals surface area contributed by atoms with Crippen molar-refractivity contribution in [1.82, 2.24) is 19.9 Å². The molecular weight excluding hydrogens is 948 g/mol. The number of oxazole rings is 2. The van der Waals surface area contributed by atoms with Gasteiger partial charge in [0.1, 0.15) is 21.1 Å². The minimum absolute atomic E-state index is 0.117. The van der Waals surface area contributed by atoms with Crippen molar-refractivity contribution in [3.05, 3.63) is 174 Å². The van der Waals surface area contributed by atoms with E-state index in [0.717, 1.165) is 67.2 Å². The van der Waals surface area contributed by atoms with Crippen LogP contribution in [0.2, 0.25) is 40.2 Å². The highest BCUT2D eigenvalue weighted by atomic mass is 35.5. The van der Waals surface area contributed by atoms with Gasteiger partial charge in [-0.25, -0.2) is 15.0 Å². The Hall–Kier alpha value is -5.12. The molecular formula is C48H22Cl8N4O2. The molecule has 0 N–H and O–H groups in total. The minimum Gasteiger partial charge on any atom is -0.434 e. The summed E-state index contributed by atoms with van der Waals surface area (Å²) < 4.78 is 11.9. The third kappa shape index (κ3) is 7.29. The molecule has 0 spiro atoms. The average Bonchev–Trinajstić information content (AvgIpc) is 3.99. The first-order chi connectivity index (χ1) is 30.0. The van der Waals surface area contributed by atoms with E-state index in [0.29, 0.717) is 22.8 Å². The smallest absolute Gasteiger partial charge is 0.227 e. The number of fused-ring (bicyclic) bond motifs is 2. The third-order valence-electron chi connectivity index (χ3n) is 10.3. The fourth-order valence-electron chi connectivity index (χ4n) is 7.12. The van der Waals surface area contributed by atoms with Crippen molar-refractivity contribution in [3.63, 3.8) is 0 Å². The Morgan fingerprint density at radius 3 is 1.16 bits per heavy atom. The van der Waals surface area contributed by atoms with Crippen molar-refractivity contribution in [3.8, 4) is 78.9 Å². The van der Waals surface area contributed by atoms with Crippen LogP contribution in [-0.2, 0) is 0 Å². The lowest BCUT2D eigenvalue weighted by atomic mass is 9.95. The summed E-state index contributed by atoms with van der Waals surface area (Å²) >= 11 is 50.6. The second kappa shape index (κ2) is 16.5. The molecule has 4 heterocycles. The van der Waals surface area contributed by atoms with Crippen molar-refractivity contribution in [2.45, 2.75) is 0 Å². The zero-order valence-electron chi connectivity index (χ0n) is 31.3. The van der Waals surface area contributed by atoms with Crippen LogP contribution < -0.4 is 0 Å². The molecule has 0 fully saturated rings. The maximum absolute atomic E-state index is 6.40. The van der Waals surface area contributed by atoms with Gasteiger partial charge in [-0.15, -0.1) is 0 Å². The molecule has 6 nitrogen and oxygen atoms in total. The molecule has 4 aromatic heterocycles. The first-order valence-corrected chi connectivity index (χ1v) is 21.7. The molecule has 0 aliphatic carbocycles. The number of halogens is 8. The largest absolute Gasteiger partial charge is 0.434 e. The van der Waals surface area contributed by atoms with Crippen LogP contribution in [-0.4, -0.2) is 19.9 Å². The topological polar surface area (TPSA) is 77.8 Å². The number of nitrogens with zero attached hydrogens (tertiary/aromatic N) is 4. The van der Waals surface area contributed by atoms with Crippen LogP contribution in [0.3, 0.4) is 0 Å². The maximum Gasteiger partial charge on any atom is 0.227 e. The fourth-order valence-corrected chi connectivity index (χ4v) is 8.93.